The second kappa shape index (κ2) is 3.44. The Labute approximate surface area is 74.0 Å². The summed E-state index contributed by atoms with van der Waals surface area (Å²) in [5, 5.41) is 11.1. The zero-order valence-corrected chi connectivity index (χ0v) is 7.15. The van der Waals surface area contributed by atoms with Crippen LogP contribution < -0.4 is 11.3 Å². The number of nitrogens with zero attached hydrogens (tertiary/aromatic N) is 1. The maximum Gasteiger partial charge on any atom is 0.320 e. The van der Waals surface area contributed by atoms with E-state index < -0.39 is 12.0 Å². The van der Waals surface area contributed by atoms with Crippen LogP contribution in [0.1, 0.15) is 5.56 Å². The quantitative estimate of drug-likeness (QED) is 0.543. The van der Waals surface area contributed by atoms with Crippen LogP contribution in [-0.2, 0) is 18.3 Å². The molecule has 0 aliphatic heterocycles. The van der Waals surface area contributed by atoms with Crippen LogP contribution in [-0.4, -0.2) is 26.9 Å². The van der Waals surface area contributed by atoms with Crippen molar-refractivity contribution in [3.63, 3.8) is 0 Å². The van der Waals surface area contributed by atoms with Crippen LogP contribution in [0.5, 0.6) is 0 Å². The normalized spacial score (nSPS) is 12.8. The number of carbonyl (C=O) groups is 1. The van der Waals surface area contributed by atoms with E-state index in [1.165, 1.54) is 10.9 Å². The first-order valence-electron chi connectivity index (χ1n) is 3.74. The SMILES string of the molecule is Cn1[nH]cc(CC(N)C(=O)O)c1=O. The van der Waals surface area contributed by atoms with Crippen molar-refractivity contribution in [3.8, 4) is 0 Å². The summed E-state index contributed by atoms with van der Waals surface area (Å²) in [6.45, 7) is 0. The molecule has 1 aromatic heterocycles. The van der Waals surface area contributed by atoms with Crippen molar-refractivity contribution in [2.75, 3.05) is 0 Å². The van der Waals surface area contributed by atoms with Crippen LogP contribution in [0.4, 0.5) is 0 Å². The van der Waals surface area contributed by atoms with Crippen molar-refractivity contribution in [1.82, 2.24) is 9.78 Å². The summed E-state index contributed by atoms with van der Waals surface area (Å²) < 4.78 is 1.27. The highest BCUT2D eigenvalue weighted by Crippen LogP contribution is 1.94. The summed E-state index contributed by atoms with van der Waals surface area (Å²) in [6.07, 6.45) is 1.51. The topological polar surface area (TPSA) is 101 Å². The van der Waals surface area contributed by atoms with Crippen LogP contribution in [0.3, 0.4) is 0 Å². The van der Waals surface area contributed by atoms with Gasteiger partial charge < -0.3 is 15.9 Å². The third-order valence-corrected chi connectivity index (χ3v) is 1.77. The number of aliphatic carboxylic acids is 1. The number of aryl methyl sites for hydroxylation is 1. The lowest BCUT2D eigenvalue weighted by Crippen LogP contribution is -2.34. The summed E-state index contributed by atoms with van der Waals surface area (Å²) in [5.41, 5.74) is 5.41. The number of carboxylic acids is 1. The van der Waals surface area contributed by atoms with Gasteiger partial charge in [0, 0.05) is 25.2 Å². The minimum Gasteiger partial charge on any atom is -0.480 e. The smallest absolute Gasteiger partial charge is 0.320 e. The number of H-pyrrole nitrogens is 1. The Hall–Kier alpha value is -1.56. The minimum atomic E-state index is -1.11. The predicted octanol–water partition coefficient (Wildman–Crippen LogP) is -1.33. The van der Waals surface area contributed by atoms with Crippen molar-refractivity contribution >= 4 is 5.97 Å². The molecule has 0 aliphatic carbocycles. The fraction of sp³-hybridized carbons (Fsp3) is 0.429. The second-order valence-corrected chi connectivity index (χ2v) is 2.81. The molecule has 0 radical (unpaired) electrons. The van der Waals surface area contributed by atoms with Crippen LogP contribution >= 0.6 is 0 Å². The second-order valence-electron chi connectivity index (χ2n) is 2.81. The molecule has 0 aromatic carbocycles. The molecule has 0 aliphatic rings. The number of hydrogen-bond donors (Lipinski definition) is 3. The third-order valence-electron chi connectivity index (χ3n) is 1.77. The molecule has 72 valence electrons. The van der Waals surface area contributed by atoms with Gasteiger partial charge in [-0.25, -0.2) is 0 Å². The zero-order valence-electron chi connectivity index (χ0n) is 7.15. The molecule has 0 amide bonds. The van der Waals surface area contributed by atoms with Crippen molar-refractivity contribution in [3.05, 3.63) is 22.1 Å². The Bertz CT molecular complexity index is 365. The molecule has 4 N–H and O–H groups in total. The van der Waals surface area contributed by atoms with E-state index in [4.69, 9.17) is 10.8 Å². The summed E-state index contributed by atoms with van der Waals surface area (Å²) in [7, 11) is 1.55. The molecule has 6 heteroatoms. The van der Waals surface area contributed by atoms with Gasteiger partial charge >= 0.3 is 5.97 Å². The lowest BCUT2D eigenvalue weighted by atomic mass is 10.1. The monoisotopic (exact) mass is 185 g/mol. The van der Waals surface area contributed by atoms with Gasteiger partial charge in [-0.15, -0.1) is 0 Å². The van der Waals surface area contributed by atoms with Crippen molar-refractivity contribution in [2.45, 2.75) is 12.5 Å². The van der Waals surface area contributed by atoms with Gasteiger partial charge in [0.15, 0.2) is 0 Å². The Balaban J connectivity index is 2.81. The highest BCUT2D eigenvalue weighted by atomic mass is 16.4. The average molecular weight is 185 g/mol. The summed E-state index contributed by atoms with van der Waals surface area (Å²) >= 11 is 0. The average Bonchev–Trinajstić information content (AvgIpc) is 2.36. The van der Waals surface area contributed by atoms with Gasteiger partial charge in [-0.2, -0.15) is 0 Å². The first-order chi connectivity index (χ1) is 6.02. The number of nitrogens with one attached hydrogen (secondary N) is 1. The van der Waals surface area contributed by atoms with E-state index in [-0.39, 0.29) is 12.0 Å². The number of hydrogen-bond acceptors (Lipinski definition) is 3. The molecule has 1 heterocycles. The molecular formula is C7H11N3O3. The molecule has 0 bridgehead atoms. The van der Waals surface area contributed by atoms with E-state index in [0.29, 0.717) is 5.56 Å². The predicted molar refractivity (Wildman–Crippen MR) is 45.3 cm³/mol. The van der Waals surface area contributed by atoms with Gasteiger partial charge in [-0.1, -0.05) is 0 Å². The van der Waals surface area contributed by atoms with Crippen LogP contribution in [0.25, 0.3) is 0 Å². The standard InChI is InChI=1S/C7H11N3O3/c1-10-6(11)4(3-9-10)2-5(8)7(12)13/h3,5,9H,2,8H2,1H3,(H,12,13). The molecular weight excluding hydrogens is 174 g/mol. The summed E-state index contributed by atoms with van der Waals surface area (Å²) in [5.74, 6) is -1.11. The number of carboxylic acid groups (broad SMARTS) is 1. The first-order valence-corrected chi connectivity index (χ1v) is 3.74. The van der Waals surface area contributed by atoms with Crippen LogP contribution in [0.15, 0.2) is 11.0 Å². The number of aromatic nitrogens is 2. The molecule has 1 atom stereocenters. The molecule has 0 spiro atoms. The van der Waals surface area contributed by atoms with Gasteiger partial charge in [0.05, 0.1) is 0 Å². The van der Waals surface area contributed by atoms with Gasteiger partial charge in [0.2, 0.25) is 0 Å². The fourth-order valence-corrected chi connectivity index (χ4v) is 0.981. The lowest BCUT2D eigenvalue weighted by Gasteiger charge is -2.01. The van der Waals surface area contributed by atoms with E-state index >= 15 is 0 Å². The number of aromatic amines is 1. The van der Waals surface area contributed by atoms with E-state index in [0.717, 1.165) is 0 Å². The molecule has 1 rings (SSSR count). The fourth-order valence-electron chi connectivity index (χ4n) is 0.981. The van der Waals surface area contributed by atoms with Crippen LogP contribution in [0, 0.1) is 0 Å². The minimum absolute atomic E-state index is 0.0471. The lowest BCUT2D eigenvalue weighted by molar-refractivity contribution is -0.138. The van der Waals surface area contributed by atoms with Gasteiger partial charge in [-0.05, 0) is 0 Å². The molecule has 13 heavy (non-hydrogen) atoms. The van der Waals surface area contributed by atoms with Crippen molar-refractivity contribution in [2.24, 2.45) is 12.8 Å². The first kappa shape index (κ1) is 9.53. The molecule has 6 nitrogen and oxygen atoms in total. The number of rotatable bonds is 3. The highest BCUT2D eigenvalue weighted by molar-refractivity contribution is 5.73. The Kier molecular flexibility index (Phi) is 2.52. The maximum atomic E-state index is 11.2. The molecule has 0 saturated heterocycles. The summed E-state index contributed by atoms with van der Waals surface area (Å²) in [6, 6.07) is -1.02. The number of nitrogens with two attached hydrogens (primary N) is 1. The molecule has 0 fully saturated rings. The third kappa shape index (κ3) is 1.97. The Morgan fingerprint density at radius 2 is 2.46 bits per heavy atom. The van der Waals surface area contributed by atoms with E-state index in [2.05, 4.69) is 5.10 Å². The molecule has 1 aromatic rings. The van der Waals surface area contributed by atoms with Crippen LogP contribution in [0.2, 0.25) is 0 Å². The van der Waals surface area contributed by atoms with Gasteiger partial charge in [0.1, 0.15) is 6.04 Å². The maximum absolute atomic E-state index is 11.2. The van der Waals surface area contributed by atoms with Gasteiger partial charge in [0.25, 0.3) is 5.56 Å². The molecule has 0 saturated carbocycles. The Morgan fingerprint density at radius 3 is 2.85 bits per heavy atom. The van der Waals surface area contributed by atoms with E-state index in [1.807, 2.05) is 0 Å². The van der Waals surface area contributed by atoms with Gasteiger partial charge in [-0.3, -0.25) is 14.3 Å². The van der Waals surface area contributed by atoms with Crippen molar-refractivity contribution in [1.29, 1.82) is 0 Å². The van der Waals surface area contributed by atoms with E-state index in [1.54, 1.807) is 7.05 Å². The largest absolute Gasteiger partial charge is 0.480 e. The molecule has 1 unspecified atom stereocenters. The van der Waals surface area contributed by atoms with Crippen molar-refractivity contribution < 1.29 is 9.90 Å². The Morgan fingerprint density at radius 1 is 1.85 bits per heavy atom. The zero-order chi connectivity index (χ0) is 10.0. The highest BCUT2D eigenvalue weighted by Gasteiger charge is 2.15. The van der Waals surface area contributed by atoms with E-state index in [9.17, 15) is 9.59 Å². The summed E-state index contributed by atoms with van der Waals surface area (Å²) in [4.78, 5) is 21.6.